The van der Waals surface area contributed by atoms with E-state index in [2.05, 4.69) is 5.32 Å². The maximum absolute atomic E-state index is 13.3. The van der Waals surface area contributed by atoms with Crippen molar-refractivity contribution in [2.24, 2.45) is 0 Å². The molecular weight excluding hydrogens is 527 g/mol. The molecule has 0 spiro atoms. The quantitative estimate of drug-likeness (QED) is 0.273. The number of hydrogen-bond acceptors (Lipinski definition) is 6. The molecule has 8 nitrogen and oxygen atoms in total. The molecule has 0 unspecified atom stereocenters. The third kappa shape index (κ3) is 5.13. The molecule has 1 fully saturated rings. The first-order chi connectivity index (χ1) is 17.0. The highest BCUT2D eigenvalue weighted by Crippen LogP contribution is 2.30. The van der Waals surface area contributed by atoms with Crippen LogP contribution in [-0.2, 0) is 19.7 Å². The summed E-state index contributed by atoms with van der Waals surface area (Å²) >= 11 is 11.9. The SMILES string of the molecule is Cc1ccc(N2C(=O)NC(=O)/C(=C\c3cc(Cl)ccc3OS(=O)(=O)c3ccc(Cl)cc3)C2=O)cc1C. The van der Waals surface area contributed by atoms with Gasteiger partial charge < -0.3 is 4.18 Å². The van der Waals surface area contributed by atoms with E-state index >= 15 is 0 Å². The van der Waals surface area contributed by atoms with Gasteiger partial charge in [0, 0.05) is 15.6 Å². The maximum atomic E-state index is 13.3. The second-order valence-electron chi connectivity index (χ2n) is 7.90. The van der Waals surface area contributed by atoms with Crippen molar-refractivity contribution in [2.75, 3.05) is 4.90 Å². The first kappa shape index (κ1) is 25.4. The van der Waals surface area contributed by atoms with E-state index in [9.17, 15) is 22.8 Å². The van der Waals surface area contributed by atoms with Crippen molar-refractivity contribution < 1.29 is 27.0 Å². The molecule has 1 heterocycles. The number of urea groups is 1. The van der Waals surface area contributed by atoms with Gasteiger partial charge in [0.15, 0.2) is 0 Å². The minimum Gasteiger partial charge on any atom is -0.378 e. The summed E-state index contributed by atoms with van der Waals surface area (Å²) in [7, 11) is -4.29. The maximum Gasteiger partial charge on any atom is 0.339 e. The van der Waals surface area contributed by atoms with E-state index in [1.165, 1.54) is 42.5 Å². The molecular formula is C25H18Cl2N2O6S. The summed E-state index contributed by atoms with van der Waals surface area (Å²) in [6, 6.07) is 13.4. The summed E-state index contributed by atoms with van der Waals surface area (Å²) in [5, 5.41) is 2.67. The molecule has 0 radical (unpaired) electrons. The monoisotopic (exact) mass is 544 g/mol. The lowest BCUT2D eigenvalue weighted by Gasteiger charge is -2.27. The van der Waals surface area contributed by atoms with Gasteiger partial charge in [-0.25, -0.2) is 9.69 Å². The molecule has 1 saturated heterocycles. The topological polar surface area (TPSA) is 110 Å². The van der Waals surface area contributed by atoms with Crippen LogP contribution < -0.4 is 14.4 Å². The predicted molar refractivity (Wildman–Crippen MR) is 136 cm³/mol. The minimum atomic E-state index is -4.29. The van der Waals surface area contributed by atoms with E-state index in [0.717, 1.165) is 22.1 Å². The molecule has 1 aliphatic heterocycles. The molecule has 0 atom stereocenters. The summed E-state index contributed by atoms with van der Waals surface area (Å²) in [6.07, 6.45) is 1.12. The lowest BCUT2D eigenvalue weighted by Crippen LogP contribution is -2.54. The van der Waals surface area contributed by atoms with Crippen LogP contribution in [0.3, 0.4) is 0 Å². The number of barbiturate groups is 1. The second-order valence-corrected chi connectivity index (χ2v) is 10.3. The molecule has 3 aromatic rings. The van der Waals surface area contributed by atoms with E-state index in [1.807, 2.05) is 13.8 Å². The number of aryl methyl sites for hydroxylation is 2. The van der Waals surface area contributed by atoms with Gasteiger partial charge in [-0.05, 0) is 85.6 Å². The van der Waals surface area contributed by atoms with E-state index in [1.54, 1.807) is 18.2 Å². The molecule has 3 aromatic carbocycles. The number of carbonyl (C=O) groups is 3. The molecule has 4 amide bonds. The Bertz CT molecular complexity index is 1550. The van der Waals surface area contributed by atoms with Gasteiger partial charge in [-0.15, -0.1) is 0 Å². The second kappa shape index (κ2) is 9.77. The van der Waals surface area contributed by atoms with Gasteiger partial charge in [0.25, 0.3) is 11.8 Å². The van der Waals surface area contributed by atoms with Crippen molar-refractivity contribution in [3.8, 4) is 5.75 Å². The highest BCUT2D eigenvalue weighted by Gasteiger charge is 2.37. The van der Waals surface area contributed by atoms with Gasteiger partial charge in [-0.1, -0.05) is 29.3 Å². The zero-order valence-electron chi connectivity index (χ0n) is 18.9. The van der Waals surface area contributed by atoms with Crippen molar-refractivity contribution in [3.63, 3.8) is 0 Å². The largest absolute Gasteiger partial charge is 0.378 e. The number of carbonyl (C=O) groups excluding carboxylic acids is 3. The van der Waals surface area contributed by atoms with Crippen LogP contribution in [0.25, 0.3) is 6.08 Å². The molecule has 0 bridgehead atoms. The van der Waals surface area contributed by atoms with Gasteiger partial charge in [-0.2, -0.15) is 8.42 Å². The zero-order valence-corrected chi connectivity index (χ0v) is 21.2. The number of nitrogens with zero attached hydrogens (tertiary/aromatic N) is 1. The van der Waals surface area contributed by atoms with Crippen LogP contribution in [0.4, 0.5) is 10.5 Å². The summed E-state index contributed by atoms with van der Waals surface area (Å²) < 4.78 is 30.9. The van der Waals surface area contributed by atoms with Crippen LogP contribution in [0, 0.1) is 13.8 Å². The van der Waals surface area contributed by atoms with Crippen LogP contribution in [-0.4, -0.2) is 26.3 Å². The Labute approximate surface area is 217 Å². The van der Waals surface area contributed by atoms with Crippen molar-refractivity contribution in [1.82, 2.24) is 5.32 Å². The van der Waals surface area contributed by atoms with Gasteiger partial charge in [0.05, 0.1) is 5.69 Å². The smallest absolute Gasteiger partial charge is 0.339 e. The van der Waals surface area contributed by atoms with Crippen LogP contribution in [0.1, 0.15) is 16.7 Å². The highest BCUT2D eigenvalue weighted by molar-refractivity contribution is 7.87. The van der Waals surface area contributed by atoms with Gasteiger partial charge in [-0.3, -0.25) is 14.9 Å². The Morgan fingerprint density at radius 3 is 2.19 bits per heavy atom. The van der Waals surface area contributed by atoms with Crippen LogP contribution in [0.15, 0.2) is 71.1 Å². The van der Waals surface area contributed by atoms with E-state index in [4.69, 9.17) is 27.4 Å². The fraction of sp³-hybridized carbons (Fsp3) is 0.0800. The van der Waals surface area contributed by atoms with Crippen molar-refractivity contribution >= 4 is 62.9 Å². The molecule has 1 N–H and O–H groups in total. The summed E-state index contributed by atoms with van der Waals surface area (Å²) in [6.45, 7) is 3.70. The van der Waals surface area contributed by atoms with Crippen LogP contribution >= 0.6 is 23.2 Å². The summed E-state index contributed by atoms with van der Waals surface area (Å²) in [5.74, 6) is -2.02. The van der Waals surface area contributed by atoms with E-state index in [0.29, 0.717) is 5.02 Å². The standard InChI is InChI=1S/C25H18Cl2N2O6S/c1-14-3-7-19(11-15(14)2)29-24(31)21(23(30)28-25(29)32)13-16-12-18(27)6-10-22(16)35-36(33,34)20-8-4-17(26)5-9-20/h3-13H,1-2H3,(H,28,30,32)/b21-13+. The normalized spacial score (nSPS) is 15.3. The Balaban J connectivity index is 1.75. The third-order valence-electron chi connectivity index (χ3n) is 5.42. The first-order valence-corrected chi connectivity index (χ1v) is 12.6. The number of amides is 4. The molecule has 36 heavy (non-hydrogen) atoms. The third-order valence-corrected chi connectivity index (χ3v) is 7.16. The Morgan fingerprint density at radius 2 is 1.53 bits per heavy atom. The first-order valence-electron chi connectivity index (χ1n) is 10.4. The minimum absolute atomic E-state index is 0.0351. The van der Waals surface area contributed by atoms with Crippen LogP contribution in [0.2, 0.25) is 10.0 Å². The molecule has 11 heteroatoms. The predicted octanol–water partition coefficient (Wildman–Crippen LogP) is 5.04. The zero-order chi connectivity index (χ0) is 26.2. The number of benzene rings is 3. The molecule has 184 valence electrons. The number of hydrogen-bond donors (Lipinski definition) is 1. The summed E-state index contributed by atoms with van der Waals surface area (Å²) in [5.41, 5.74) is 1.69. The van der Waals surface area contributed by atoms with E-state index < -0.39 is 33.5 Å². The lowest BCUT2D eigenvalue weighted by atomic mass is 10.0. The lowest BCUT2D eigenvalue weighted by molar-refractivity contribution is -0.122. The number of imide groups is 2. The highest BCUT2D eigenvalue weighted by atomic mass is 35.5. The van der Waals surface area contributed by atoms with Crippen molar-refractivity contribution in [1.29, 1.82) is 0 Å². The summed E-state index contributed by atoms with van der Waals surface area (Å²) in [4.78, 5) is 39.0. The number of anilines is 1. The molecule has 1 aliphatic rings. The number of halogens is 2. The molecule has 4 rings (SSSR count). The molecule has 0 aromatic heterocycles. The average Bonchev–Trinajstić information content (AvgIpc) is 2.80. The molecule has 0 saturated carbocycles. The van der Waals surface area contributed by atoms with Crippen molar-refractivity contribution in [3.05, 3.63) is 93.0 Å². The Morgan fingerprint density at radius 1 is 0.861 bits per heavy atom. The fourth-order valence-electron chi connectivity index (χ4n) is 3.39. The van der Waals surface area contributed by atoms with E-state index in [-0.39, 0.29) is 26.9 Å². The van der Waals surface area contributed by atoms with Gasteiger partial charge >= 0.3 is 16.1 Å². The average molecular weight is 545 g/mol. The van der Waals surface area contributed by atoms with Crippen molar-refractivity contribution in [2.45, 2.75) is 18.7 Å². The van der Waals surface area contributed by atoms with Gasteiger partial charge in [0.1, 0.15) is 16.2 Å². The Hall–Kier alpha value is -3.66. The number of nitrogens with one attached hydrogen (secondary N) is 1. The van der Waals surface area contributed by atoms with Crippen LogP contribution in [0.5, 0.6) is 5.75 Å². The number of rotatable bonds is 5. The Kier molecular flexibility index (Phi) is 6.90. The van der Waals surface area contributed by atoms with Gasteiger partial charge in [0.2, 0.25) is 0 Å². The molecule has 0 aliphatic carbocycles. The fourth-order valence-corrected chi connectivity index (χ4v) is 4.65.